The number of pyridine rings is 1. The third-order valence-electron chi connectivity index (χ3n) is 3.27. The highest BCUT2D eigenvalue weighted by Crippen LogP contribution is 2.23. The number of hydrogen-bond donors (Lipinski definition) is 1. The van der Waals surface area contributed by atoms with Gasteiger partial charge < -0.3 is 10.1 Å². The Balaban J connectivity index is 1.51. The van der Waals surface area contributed by atoms with E-state index in [0.717, 1.165) is 16.1 Å². The molecule has 0 aliphatic carbocycles. The molecule has 1 N–H and O–H groups in total. The van der Waals surface area contributed by atoms with E-state index in [2.05, 4.69) is 10.3 Å². The molecule has 1 aromatic carbocycles. The Kier molecular flexibility index (Phi) is 5.46. The van der Waals surface area contributed by atoms with E-state index in [1.165, 1.54) is 0 Å². The maximum absolute atomic E-state index is 11.9. The zero-order valence-electron chi connectivity index (χ0n) is 12.7. The van der Waals surface area contributed by atoms with Crippen molar-refractivity contribution >= 4 is 28.8 Å². The zero-order valence-corrected chi connectivity index (χ0v) is 14.3. The average molecular weight is 359 g/mol. The van der Waals surface area contributed by atoms with Crippen LogP contribution in [0.25, 0.3) is 10.6 Å². The topological polar surface area (TPSA) is 51.2 Å². The lowest BCUT2D eigenvalue weighted by molar-refractivity contribution is -0.123. The molecule has 0 atom stereocenters. The van der Waals surface area contributed by atoms with Crippen molar-refractivity contribution in [3.05, 3.63) is 70.7 Å². The van der Waals surface area contributed by atoms with Crippen molar-refractivity contribution in [2.24, 2.45) is 0 Å². The van der Waals surface area contributed by atoms with E-state index in [-0.39, 0.29) is 12.5 Å². The van der Waals surface area contributed by atoms with Gasteiger partial charge in [0.1, 0.15) is 5.75 Å². The van der Waals surface area contributed by atoms with E-state index < -0.39 is 0 Å². The molecule has 0 fully saturated rings. The van der Waals surface area contributed by atoms with Gasteiger partial charge in [-0.25, -0.2) is 0 Å². The maximum atomic E-state index is 11.9. The Bertz CT molecular complexity index is 804. The summed E-state index contributed by atoms with van der Waals surface area (Å²) in [5.41, 5.74) is 1.91. The Labute approximate surface area is 149 Å². The monoisotopic (exact) mass is 358 g/mol. The third kappa shape index (κ3) is 4.57. The molecular weight excluding hydrogens is 344 g/mol. The van der Waals surface area contributed by atoms with E-state index in [4.69, 9.17) is 16.3 Å². The molecule has 0 radical (unpaired) electrons. The minimum atomic E-state index is -0.181. The van der Waals surface area contributed by atoms with E-state index in [1.54, 1.807) is 41.8 Å². The van der Waals surface area contributed by atoms with Gasteiger partial charge in [0.2, 0.25) is 0 Å². The first-order chi connectivity index (χ1) is 11.7. The van der Waals surface area contributed by atoms with E-state index in [0.29, 0.717) is 17.3 Å². The molecule has 0 unspecified atom stereocenters. The second-order valence-corrected chi connectivity index (χ2v) is 6.43. The summed E-state index contributed by atoms with van der Waals surface area (Å²) < 4.78 is 5.41. The largest absolute Gasteiger partial charge is 0.484 e. The molecule has 3 aromatic rings. The molecule has 6 heteroatoms. The number of rotatable bonds is 6. The highest BCUT2D eigenvalue weighted by atomic mass is 35.5. The van der Waals surface area contributed by atoms with Gasteiger partial charge in [-0.15, -0.1) is 11.3 Å². The number of aromatic nitrogens is 1. The number of thiophene rings is 1. The first kappa shape index (κ1) is 16.5. The number of ether oxygens (including phenoxy) is 1. The van der Waals surface area contributed by atoms with Crippen LogP contribution in [0.5, 0.6) is 5.75 Å². The van der Waals surface area contributed by atoms with Crippen molar-refractivity contribution in [2.75, 3.05) is 6.61 Å². The fourth-order valence-electron chi connectivity index (χ4n) is 2.07. The van der Waals surface area contributed by atoms with Gasteiger partial charge in [-0.2, -0.15) is 0 Å². The van der Waals surface area contributed by atoms with Gasteiger partial charge >= 0.3 is 0 Å². The summed E-state index contributed by atoms with van der Waals surface area (Å²) in [6.07, 6.45) is 1.75. The quantitative estimate of drug-likeness (QED) is 0.719. The Hall–Kier alpha value is -2.37. The number of carbonyl (C=O) groups is 1. The van der Waals surface area contributed by atoms with Crippen LogP contribution < -0.4 is 10.1 Å². The van der Waals surface area contributed by atoms with E-state index >= 15 is 0 Å². The minimum Gasteiger partial charge on any atom is -0.484 e. The summed E-state index contributed by atoms with van der Waals surface area (Å²) in [5.74, 6) is 0.429. The fraction of sp³-hybridized carbons (Fsp3) is 0.111. The van der Waals surface area contributed by atoms with Crippen molar-refractivity contribution in [2.45, 2.75) is 6.54 Å². The second kappa shape index (κ2) is 7.95. The first-order valence-electron chi connectivity index (χ1n) is 7.34. The van der Waals surface area contributed by atoms with Crippen LogP contribution in [0, 0.1) is 0 Å². The predicted octanol–water partition coefficient (Wildman–Crippen LogP) is 4.16. The zero-order chi connectivity index (χ0) is 16.8. The number of benzene rings is 1. The van der Waals surface area contributed by atoms with Crippen molar-refractivity contribution in [1.82, 2.24) is 10.3 Å². The number of hydrogen-bond acceptors (Lipinski definition) is 4. The summed E-state index contributed by atoms with van der Waals surface area (Å²) in [6, 6.07) is 14.8. The fourth-order valence-corrected chi connectivity index (χ4v) is 2.89. The molecule has 4 nitrogen and oxygen atoms in total. The summed E-state index contributed by atoms with van der Waals surface area (Å²) in [5, 5.41) is 5.48. The van der Waals surface area contributed by atoms with Crippen molar-refractivity contribution < 1.29 is 9.53 Å². The van der Waals surface area contributed by atoms with Crippen LogP contribution in [-0.2, 0) is 11.3 Å². The van der Waals surface area contributed by atoms with Gasteiger partial charge in [0.25, 0.3) is 5.91 Å². The van der Waals surface area contributed by atoms with Gasteiger partial charge in [0.15, 0.2) is 6.61 Å². The highest BCUT2D eigenvalue weighted by Gasteiger charge is 2.05. The van der Waals surface area contributed by atoms with Crippen LogP contribution in [0.3, 0.4) is 0 Å². The lowest BCUT2D eigenvalue weighted by atomic mass is 10.2. The Morgan fingerprint density at radius 3 is 2.79 bits per heavy atom. The molecule has 0 bridgehead atoms. The number of halogens is 1. The standard InChI is InChI=1S/C18H15ClN2O2S/c19-14-3-5-15(6-4-14)23-12-18(22)21-11-13-7-8-20-16(10-13)17-2-1-9-24-17/h1-10H,11-12H2,(H,21,22). The molecule has 122 valence electrons. The predicted molar refractivity (Wildman–Crippen MR) is 96.3 cm³/mol. The lowest BCUT2D eigenvalue weighted by Crippen LogP contribution is -2.28. The highest BCUT2D eigenvalue weighted by molar-refractivity contribution is 7.13. The van der Waals surface area contributed by atoms with Gasteiger partial charge in [-0.05, 0) is 53.4 Å². The van der Waals surface area contributed by atoms with Crippen LogP contribution in [-0.4, -0.2) is 17.5 Å². The maximum Gasteiger partial charge on any atom is 0.258 e. The Morgan fingerprint density at radius 2 is 2.04 bits per heavy atom. The molecule has 3 rings (SSSR count). The Morgan fingerprint density at radius 1 is 1.21 bits per heavy atom. The van der Waals surface area contributed by atoms with Crippen molar-refractivity contribution in [1.29, 1.82) is 0 Å². The molecule has 0 aliphatic heterocycles. The minimum absolute atomic E-state index is 0.0372. The molecule has 2 aromatic heterocycles. The first-order valence-corrected chi connectivity index (χ1v) is 8.60. The second-order valence-electron chi connectivity index (χ2n) is 5.05. The van der Waals surface area contributed by atoms with Crippen molar-refractivity contribution in [3.63, 3.8) is 0 Å². The molecule has 24 heavy (non-hydrogen) atoms. The van der Waals surface area contributed by atoms with Crippen LogP contribution in [0.1, 0.15) is 5.56 Å². The molecule has 2 heterocycles. The lowest BCUT2D eigenvalue weighted by Gasteiger charge is -2.08. The van der Waals surface area contributed by atoms with E-state index in [9.17, 15) is 4.79 Å². The van der Waals surface area contributed by atoms with Gasteiger partial charge in [0.05, 0.1) is 10.6 Å². The summed E-state index contributed by atoms with van der Waals surface area (Å²) in [6.45, 7) is 0.397. The molecule has 0 saturated heterocycles. The van der Waals surface area contributed by atoms with Crippen LogP contribution >= 0.6 is 22.9 Å². The molecular formula is C18H15ClN2O2S. The smallest absolute Gasteiger partial charge is 0.258 e. The molecule has 0 spiro atoms. The number of carbonyl (C=O) groups excluding carboxylic acids is 1. The number of amides is 1. The third-order valence-corrected chi connectivity index (χ3v) is 4.42. The van der Waals surface area contributed by atoms with Crippen molar-refractivity contribution in [3.8, 4) is 16.3 Å². The number of nitrogens with one attached hydrogen (secondary N) is 1. The van der Waals surface area contributed by atoms with Gasteiger partial charge in [0, 0.05) is 17.8 Å². The molecule has 0 saturated carbocycles. The van der Waals surface area contributed by atoms with Crippen LogP contribution in [0.4, 0.5) is 0 Å². The van der Waals surface area contributed by atoms with Crippen LogP contribution in [0.2, 0.25) is 5.02 Å². The summed E-state index contributed by atoms with van der Waals surface area (Å²) in [7, 11) is 0. The van der Waals surface area contributed by atoms with Crippen LogP contribution in [0.15, 0.2) is 60.1 Å². The average Bonchev–Trinajstić information content (AvgIpc) is 3.14. The summed E-state index contributed by atoms with van der Waals surface area (Å²) in [4.78, 5) is 17.4. The normalized spacial score (nSPS) is 10.4. The summed E-state index contributed by atoms with van der Waals surface area (Å²) >= 11 is 7.44. The number of nitrogens with zero attached hydrogens (tertiary/aromatic N) is 1. The molecule has 1 amide bonds. The SMILES string of the molecule is O=C(COc1ccc(Cl)cc1)NCc1ccnc(-c2cccs2)c1. The van der Waals surface area contributed by atoms with E-state index in [1.807, 2.05) is 29.6 Å². The van der Waals surface area contributed by atoms with Gasteiger partial charge in [-0.1, -0.05) is 17.7 Å². The molecule has 0 aliphatic rings. The van der Waals surface area contributed by atoms with Gasteiger partial charge in [-0.3, -0.25) is 9.78 Å².